The minimum atomic E-state index is -0.674. The molecule has 1 N–H and O–H groups in total. The van der Waals surface area contributed by atoms with Crippen LogP contribution in [-0.2, 0) is 16.0 Å². The highest BCUT2D eigenvalue weighted by Gasteiger charge is 2.22. The Hall–Kier alpha value is -2.04. The molecule has 0 spiro atoms. The van der Waals surface area contributed by atoms with Crippen LogP contribution < -0.4 is 5.32 Å². The fourth-order valence-corrected chi connectivity index (χ4v) is 3.37. The van der Waals surface area contributed by atoms with Gasteiger partial charge < -0.3 is 10.1 Å². The third-order valence-electron chi connectivity index (χ3n) is 4.19. The first-order chi connectivity index (χ1) is 12.0. The summed E-state index contributed by atoms with van der Waals surface area (Å²) in [6.45, 7) is -0.361. The number of nitrogens with one attached hydrogen (secondary N) is 1. The van der Waals surface area contributed by atoms with Gasteiger partial charge in [-0.3, -0.25) is 4.79 Å². The number of rotatable bonds is 4. The normalized spacial score (nSPS) is 16.0. The minimum absolute atomic E-state index is 0.0501. The molecule has 6 heteroatoms. The third kappa shape index (κ3) is 4.33. The van der Waals surface area contributed by atoms with Gasteiger partial charge in [0.25, 0.3) is 5.91 Å². The molecule has 0 saturated heterocycles. The molecule has 2 aromatic rings. The summed E-state index contributed by atoms with van der Waals surface area (Å²) < 4.78 is 5.06. The molecule has 0 fully saturated rings. The average molecular weight is 378 g/mol. The number of amides is 1. The van der Waals surface area contributed by atoms with Gasteiger partial charge in [-0.25, -0.2) is 4.79 Å². The number of ether oxygens (including phenoxy) is 1. The molecule has 2 aromatic carbocycles. The number of halogens is 2. The van der Waals surface area contributed by atoms with E-state index in [1.54, 1.807) is 6.07 Å². The van der Waals surface area contributed by atoms with Crippen LogP contribution in [0.2, 0.25) is 10.0 Å². The zero-order valence-electron chi connectivity index (χ0n) is 13.4. The molecule has 4 nitrogen and oxygen atoms in total. The molecule has 0 aromatic heterocycles. The summed E-state index contributed by atoms with van der Waals surface area (Å²) in [5.41, 5.74) is 2.53. The zero-order valence-corrected chi connectivity index (χ0v) is 14.9. The largest absolute Gasteiger partial charge is 0.452 e. The quantitative estimate of drug-likeness (QED) is 0.806. The van der Waals surface area contributed by atoms with Crippen LogP contribution in [0.15, 0.2) is 42.5 Å². The lowest BCUT2D eigenvalue weighted by molar-refractivity contribution is -0.125. The van der Waals surface area contributed by atoms with E-state index in [4.69, 9.17) is 27.9 Å². The van der Waals surface area contributed by atoms with Gasteiger partial charge in [0.1, 0.15) is 0 Å². The number of aryl methyl sites for hydroxylation is 1. The number of fused-ring (bicyclic) bond motifs is 1. The molecule has 1 aliphatic carbocycles. The summed E-state index contributed by atoms with van der Waals surface area (Å²) in [6.07, 6.45) is 2.90. The van der Waals surface area contributed by atoms with Crippen molar-refractivity contribution in [3.8, 4) is 0 Å². The van der Waals surface area contributed by atoms with Crippen LogP contribution in [0.1, 0.15) is 40.4 Å². The first kappa shape index (κ1) is 17.8. The van der Waals surface area contributed by atoms with Crippen molar-refractivity contribution in [1.29, 1.82) is 0 Å². The Morgan fingerprint density at radius 1 is 1.16 bits per heavy atom. The molecule has 0 saturated carbocycles. The fourth-order valence-electron chi connectivity index (χ4n) is 3.00. The Bertz CT molecular complexity index is 807. The second kappa shape index (κ2) is 7.89. The second-order valence-corrected chi connectivity index (χ2v) is 6.76. The lowest BCUT2D eigenvalue weighted by Crippen LogP contribution is -2.34. The van der Waals surface area contributed by atoms with E-state index in [9.17, 15) is 9.59 Å². The monoisotopic (exact) mass is 377 g/mol. The Morgan fingerprint density at radius 2 is 1.96 bits per heavy atom. The van der Waals surface area contributed by atoms with Gasteiger partial charge in [-0.2, -0.15) is 0 Å². The van der Waals surface area contributed by atoms with Gasteiger partial charge in [0.05, 0.1) is 16.6 Å². The van der Waals surface area contributed by atoms with E-state index in [0.29, 0.717) is 5.02 Å². The third-order valence-corrected chi connectivity index (χ3v) is 4.75. The molecule has 0 radical (unpaired) electrons. The summed E-state index contributed by atoms with van der Waals surface area (Å²) in [4.78, 5) is 24.2. The van der Waals surface area contributed by atoms with Gasteiger partial charge in [-0.05, 0) is 48.6 Å². The van der Waals surface area contributed by atoms with E-state index in [2.05, 4.69) is 11.4 Å². The number of benzene rings is 2. The summed E-state index contributed by atoms with van der Waals surface area (Å²) in [5.74, 6) is -1.01. The number of esters is 1. The van der Waals surface area contributed by atoms with Gasteiger partial charge in [-0.1, -0.05) is 47.5 Å². The molecular weight excluding hydrogens is 361 g/mol. The van der Waals surface area contributed by atoms with Crippen molar-refractivity contribution in [2.75, 3.05) is 6.61 Å². The molecule has 0 heterocycles. The molecule has 25 heavy (non-hydrogen) atoms. The minimum Gasteiger partial charge on any atom is -0.452 e. The lowest BCUT2D eigenvalue weighted by atomic mass is 9.88. The van der Waals surface area contributed by atoms with Gasteiger partial charge in [0, 0.05) is 5.02 Å². The van der Waals surface area contributed by atoms with Crippen molar-refractivity contribution in [2.24, 2.45) is 0 Å². The second-order valence-electron chi connectivity index (χ2n) is 5.91. The van der Waals surface area contributed by atoms with E-state index in [1.165, 1.54) is 17.7 Å². The van der Waals surface area contributed by atoms with Crippen molar-refractivity contribution in [3.05, 3.63) is 69.2 Å². The number of hydrogen-bond acceptors (Lipinski definition) is 3. The van der Waals surface area contributed by atoms with Crippen LogP contribution in [0, 0.1) is 0 Å². The topological polar surface area (TPSA) is 55.4 Å². The predicted octanol–water partition coefficient (Wildman–Crippen LogP) is 4.34. The first-order valence-corrected chi connectivity index (χ1v) is 8.79. The summed E-state index contributed by atoms with van der Waals surface area (Å²) >= 11 is 11.8. The van der Waals surface area contributed by atoms with Crippen molar-refractivity contribution in [3.63, 3.8) is 0 Å². The number of carbonyl (C=O) groups is 2. The molecule has 1 aliphatic rings. The first-order valence-electron chi connectivity index (χ1n) is 8.04. The molecule has 0 bridgehead atoms. The molecule has 0 unspecified atom stereocenters. The van der Waals surface area contributed by atoms with Crippen molar-refractivity contribution < 1.29 is 14.3 Å². The molecular formula is C19H17Cl2NO3. The maximum absolute atomic E-state index is 12.2. The standard InChI is InChI=1S/C19H17Cl2NO3/c20-13-8-9-16(21)15(10-13)19(24)25-11-18(23)22-17-7-3-5-12-4-1-2-6-14(12)17/h1-2,4,6,8-10,17H,3,5,7,11H2,(H,22,23)/t17-/m0/s1. The van der Waals surface area contributed by atoms with Gasteiger partial charge in [0.15, 0.2) is 6.61 Å². The average Bonchev–Trinajstić information content (AvgIpc) is 2.62. The SMILES string of the molecule is O=C(COC(=O)c1cc(Cl)ccc1Cl)N[C@H]1CCCc2ccccc21. The highest BCUT2D eigenvalue weighted by molar-refractivity contribution is 6.35. The maximum atomic E-state index is 12.2. The highest BCUT2D eigenvalue weighted by atomic mass is 35.5. The molecule has 130 valence electrons. The van der Waals surface area contributed by atoms with Crippen molar-refractivity contribution >= 4 is 35.1 Å². The van der Waals surface area contributed by atoms with Crippen LogP contribution in [0.3, 0.4) is 0 Å². The summed E-state index contributed by atoms with van der Waals surface area (Å²) in [6, 6.07) is 12.5. The van der Waals surface area contributed by atoms with Crippen LogP contribution in [0.4, 0.5) is 0 Å². The van der Waals surface area contributed by atoms with Gasteiger partial charge in [0.2, 0.25) is 0 Å². The summed E-state index contributed by atoms with van der Waals surface area (Å²) in [7, 11) is 0. The van der Waals surface area contributed by atoms with E-state index in [0.717, 1.165) is 24.8 Å². The maximum Gasteiger partial charge on any atom is 0.340 e. The Morgan fingerprint density at radius 3 is 2.80 bits per heavy atom. The smallest absolute Gasteiger partial charge is 0.340 e. The highest BCUT2D eigenvalue weighted by Crippen LogP contribution is 2.29. The molecule has 3 rings (SSSR count). The number of hydrogen-bond donors (Lipinski definition) is 1. The van der Waals surface area contributed by atoms with Crippen LogP contribution >= 0.6 is 23.2 Å². The predicted molar refractivity (Wildman–Crippen MR) is 97.0 cm³/mol. The Labute approximate surface area is 156 Å². The van der Waals surface area contributed by atoms with Crippen molar-refractivity contribution in [2.45, 2.75) is 25.3 Å². The Balaban J connectivity index is 1.59. The molecule has 1 amide bonds. The molecule has 1 atom stereocenters. The van der Waals surface area contributed by atoms with Crippen LogP contribution in [-0.4, -0.2) is 18.5 Å². The van der Waals surface area contributed by atoms with E-state index >= 15 is 0 Å². The molecule has 0 aliphatic heterocycles. The van der Waals surface area contributed by atoms with E-state index in [1.807, 2.05) is 18.2 Å². The van der Waals surface area contributed by atoms with Gasteiger partial charge in [-0.15, -0.1) is 0 Å². The fraction of sp³-hybridized carbons (Fsp3) is 0.263. The van der Waals surface area contributed by atoms with Crippen molar-refractivity contribution in [1.82, 2.24) is 5.32 Å². The lowest BCUT2D eigenvalue weighted by Gasteiger charge is -2.26. The summed E-state index contributed by atoms with van der Waals surface area (Å²) in [5, 5.41) is 3.54. The van der Waals surface area contributed by atoms with E-state index in [-0.39, 0.29) is 29.1 Å². The van der Waals surface area contributed by atoms with Crippen LogP contribution in [0.5, 0.6) is 0 Å². The number of carbonyl (C=O) groups excluding carboxylic acids is 2. The van der Waals surface area contributed by atoms with E-state index < -0.39 is 5.97 Å². The Kier molecular flexibility index (Phi) is 5.61. The van der Waals surface area contributed by atoms with Crippen LogP contribution in [0.25, 0.3) is 0 Å². The zero-order chi connectivity index (χ0) is 17.8. The van der Waals surface area contributed by atoms with Gasteiger partial charge >= 0.3 is 5.97 Å².